The predicted octanol–water partition coefficient (Wildman–Crippen LogP) is 4.76. The lowest BCUT2D eigenvalue weighted by Crippen LogP contribution is -2.39. The van der Waals surface area contributed by atoms with Crippen molar-refractivity contribution in [2.24, 2.45) is 5.10 Å². The summed E-state index contributed by atoms with van der Waals surface area (Å²) in [4.78, 5) is 27.0. The Morgan fingerprint density at radius 3 is 2.37 bits per heavy atom. The van der Waals surface area contributed by atoms with Crippen molar-refractivity contribution in [3.05, 3.63) is 89.4 Å². The molecule has 3 aromatic rings. The van der Waals surface area contributed by atoms with Gasteiger partial charge in [0.05, 0.1) is 24.6 Å². The van der Waals surface area contributed by atoms with Crippen LogP contribution in [0.1, 0.15) is 39.7 Å². The highest BCUT2D eigenvalue weighted by atomic mass is 19.4. The fraction of sp³-hybridized carbons (Fsp3) is 0.240. The predicted molar refractivity (Wildman–Crippen MR) is 121 cm³/mol. The molecule has 1 atom stereocenters. The Balaban J connectivity index is 1.52. The van der Waals surface area contributed by atoms with Crippen LogP contribution in [-0.2, 0) is 11.0 Å². The van der Waals surface area contributed by atoms with E-state index in [1.54, 1.807) is 31.4 Å². The van der Waals surface area contributed by atoms with Gasteiger partial charge in [-0.15, -0.1) is 0 Å². The maximum atomic E-state index is 13.2. The number of nitrogens with zero attached hydrogens (tertiary/aromatic N) is 3. The molecule has 0 aliphatic carbocycles. The number of likely N-dealkylation sites (N-methyl/N-ethyl adjacent to an activating group) is 1. The molecule has 2 amide bonds. The molecule has 2 heterocycles. The first-order chi connectivity index (χ1) is 16.7. The summed E-state index contributed by atoms with van der Waals surface area (Å²) in [5.41, 5.74) is 0.664. The Kier molecular flexibility index (Phi) is 6.63. The van der Waals surface area contributed by atoms with Gasteiger partial charge in [-0.1, -0.05) is 0 Å². The van der Waals surface area contributed by atoms with Crippen LogP contribution < -0.4 is 4.74 Å². The Hall–Kier alpha value is -4.08. The second kappa shape index (κ2) is 9.65. The monoisotopic (exact) mass is 485 g/mol. The Labute approximate surface area is 199 Å². The fourth-order valence-corrected chi connectivity index (χ4v) is 3.77. The first-order valence-electron chi connectivity index (χ1n) is 10.7. The molecule has 0 fully saturated rings. The average molecular weight is 485 g/mol. The van der Waals surface area contributed by atoms with Crippen LogP contribution >= 0.6 is 0 Å². The van der Waals surface area contributed by atoms with Crippen molar-refractivity contribution >= 4 is 17.5 Å². The van der Waals surface area contributed by atoms with E-state index in [2.05, 4.69) is 5.10 Å². The highest BCUT2D eigenvalue weighted by Gasteiger charge is 2.36. The van der Waals surface area contributed by atoms with Gasteiger partial charge in [0, 0.05) is 19.0 Å². The zero-order valence-corrected chi connectivity index (χ0v) is 19.0. The molecule has 0 saturated heterocycles. The highest BCUT2D eigenvalue weighted by Crippen LogP contribution is 2.33. The molecule has 1 aliphatic heterocycles. The number of alkyl halides is 3. The van der Waals surface area contributed by atoms with Crippen molar-refractivity contribution < 1.29 is 31.9 Å². The van der Waals surface area contributed by atoms with Gasteiger partial charge in [-0.2, -0.15) is 18.3 Å². The van der Waals surface area contributed by atoms with Crippen molar-refractivity contribution in [1.82, 2.24) is 9.91 Å². The summed E-state index contributed by atoms with van der Waals surface area (Å²) >= 11 is 0. The third kappa shape index (κ3) is 5.21. The van der Waals surface area contributed by atoms with E-state index >= 15 is 0 Å². The van der Waals surface area contributed by atoms with Gasteiger partial charge < -0.3 is 14.1 Å². The summed E-state index contributed by atoms with van der Waals surface area (Å²) in [7, 11) is 2.97. The Morgan fingerprint density at radius 2 is 1.80 bits per heavy atom. The lowest BCUT2D eigenvalue weighted by atomic mass is 10.0. The van der Waals surface area contributed by atoms with Crippen LogP contribution in [0.3, 0.4) is 0 Å². The molecule has 7 nitrogen and oxygen atoms in total. The average Bonchev–Trinajstić information content (AvgIpc) is 3.53. The molecule has 182 valence electrons. The molecule has 0 saturated carbocycles. The van der Waals surface area contributed by atoms with Gasteiger partial charge in [0.25, 0.3) is 11.8 Å². The number of hydrazone groups is 1. The van der Waals surface area contributed by atoms with Gasteiger partial charge in [0.2, 0.25) is 0 Å². The lowest BCUT2D eigenvalue weighted by Gasteiger charge is -2.23. The summed E-state index contributed by atoms with van der Waals surface area (Å²) in [5.74, 6) is 0.187. The smallest absolute Gasteiger partial charge is 0.416 e. The zero-order chi connectivity index (χ0) is 25.2. The third-order valence-electron chi connectivity index (χ3n) is 5.64. The van der Waals surface area contributed by atoms with Gasteiger partial charge in [-0.25, -0.2) is 5.01 Å². The lowest BCUT2D eigenvalue weighted by molar-refractivity contribution is -0.137. The largest absolute Gasteiger partial charge is 0.497 e. The normalized spacial score (nSPS) is 15.6. The van der Waals surface area contributed by atoms with Gasteiger partial charge in [-0.3, -0.25) is 9.59 Å². The molecule has 0 radical (unpaired) electrons. The summed E-state index contributed by atoms with van der Waals surface area (Å²) < 4.78 is 49.1. The first kappa shape index (κ1) is 24.1. The van der Waals surface area contributed by atoms with Gasteiger partial charge in [0.15, 0.2) is 0 Å². The number of carbonyl (C=O) groups excluding carboxylic acids is 2. The summed E-state index contributed by atoms with van der Waals surface area (Å²) in [6.07, 6.45) is -2.59. The molecule has 0 bridgehead atoms. The molecular formula is C25H22F3N3O4. The van der Waals surface area contributed by atoms with Crippen LogP contribution in [0.4, 0.5) is 13.2 Å². The Bertz CT molecular complexity index is 1220. The van der Waals surface area contributed by atoms with E-state index in [-0.39, 0.29) is 12.1 Å². The van der Waals surface area contributed by atoms with E-state index in [4.69, 9.17) is 9.15 Å². The number of methoxy groups -OCH3 is 1. The molecular weight excluding hydrogens is 463 g/mol. The van der Waals surface area contributed by atoms with Crippen molar-refractivity contribution in [3.63, 3.8) is 0 Å². The molecule has 4 rings (SSSR count). The van der Waals surface area contributed by atoms with Crippen LogP contribution in [0.15, 0.2) is 76.4 Å². The van der Waals surface area contributed by atoms with E-state index in [9.17, 15) is 22.8 Å². The van der Waals surface area contributed by atoms with Crippen molar-refractivity contribution in [1.29, 1.82) is 0 Å². The maximum absolute atomic E-state index is 13.2. The van der Waals surface area contributed by atoms with Gasteiger partial charge in [-0.05, 0) is 66.2 Å². The molecule has 1 unspecified atom stereocenters. The fourth-order valence-electron chi connectivity index (χ4n) is 3.77. The molecule has 2 aromatic carbocycles. The van der Waals surface area contributed by atoms with E-state index < -0.39 is 29.6 Å². The van der Waals surface area contributed by atoms with Gasteiger partial charge >= 0.3 is 6.18 Å². The number of ether oxygens (including phenoxy) is 1. The van der Waals surface area contributed by atoms with Gasteiger partial charge in [0.1, 0.15) is 24.1 Å². The number of hydrogen-bond donors (Lipinski definition) is 0. The number of hydrogen-bond acceptors (Lipinski definition) is 5. The zero-order valence-electron chi connectivity index (χ0n) is 19.0. The van der Waals surface area contributed by atoms with Crippen LogP contribution in [0.2, 0.25) is 0 Å². The minimum Gasteiger partial charge on any atom is -0.497 e. The number of halogens is 3. The number of rotatable bonds is 6. The number of benzene rings is 2. The van der Waals surface area contributed by atoms with Crippen LogP contribution in [0.25, 0.3) is 0 Å². The van der Waals surface area contributed by atoms with E-state index in [0.29, 0.717) is 23.6 Å². The summed E-state index contributed by atoms with van der Waals surface area (Å²) in [5, 5.41) is 5.80. The molecule has 10 heteroatoms. The van der Waals surface area contributed by atoms with Crippen molar-refractivity contribution in [3.8, 4) is 5.75 Å². The first-order valence-corrected chi connectivity index (χ1v) is 10.7. The standard InChI is InChI=1S/C25H22F3N3O4/c1-30(24(33)17-5-9-18(10-6-17)25(26,27)28)15-23(32)31-21(22-4-3-13-35-22)14-20(29-31)16-7-11-19(34-2)12-8-16/h3-13,21H,14-15H2,1-2H3. The number of furan rings is 1. The summed E-state index contributed by atoms with van der Waals surface area (Å²) in [6.45, 7) is -0.323. The highest BCUT2D eigenvalue weighted by molar-refractivity contribution is 6.03. The number of carbonyl (C=O) groups is 2. The van der Waals surface area contributed by atoms with E-state index in [1.807, 2.05) is 12.1 Å². The molecule has 1 aromatic heterocycles. The van der Waals surface area contributed by atoms with Crippen molar-refractivity contribution in [2.75, 3.05) is 20.7 Å². The van der Waals surface area contributed by atoms with E-state index in [0.717, 1.165) is 34.7 Å². The second-order valence-electron chi connectivity index (χ2n) is 7.99. The second-order valence-corrected chi connectivity index (χ2v) is 7.99. The quantitative estimate of drug-likeness (QED) is 0.505. The van der Waals surface area contributed by atoms with Crippen LogP contribution in [0.5, 0.6) is 5.75 Å². The molecule has 1 aliphatic rings. The van der Waals surface area contributed by atoms with Crippen molar-refractivity contribution in [2.45, 2.75) is 18.6 Å². The van der Waals surface area contributed by atoms with Crippen LogP contribution in [-0.4, -0.2) is 48.1 Å². The SMILES string of the molecule is COc1ccc(C2=NN(C(=O)CN(C)C(=O)c3ccc(C(F)(F)F)cc3)C(c3ccco3)C2)cc1. The minimum absolute atomic E-state index is 0.0414. The topological polar surface area (TPSA) is 75.3 Å². The third-order valence-corrected chi connectivity index (χ3v) is 5.64. The molecule has 0 N–H and O–H groups in total. The molecule has 35 heavy (non-hydrogen) atoms. The van der Waals surface area contributed by atoms with Crippen LogP contribution in [0, 0.1) is 0 Å². The number of amides is 2. The minimum atomic E-state index is -4.50. The maximum Gasteiger partial charge on any atom is 0.416 e. The van der Waals surface area contributed by atoms with E-state index in [1.165, 1.54) is 18.3 Å². The Morgan fingerprint density at radius 1 is 1.11 bits per heavy atom. The molecule has 0 spiro atoms. The summed E-state index contributed by atoms with van der Waals surface area (Å²) in [6, 6.07) is 14.1.